The van der Waals surface area contributed by atoms with Crippen molar-refractivity contribution in [3.8, 4) is 0 Å². The van der Waals surface area contributed by atoms with Gasteiger partial charge in [-0.1, -0.05) is 0 Å². The summed E-state index contributed by atoms with van der Waals surface area (Å²) in [5.74, 6) is 0.513. The van der Waals surface area contributed by atoms with Crippen molar-refractivity contribution in [2.24, 2.45) is 0 Å². The lowest BCUT2D eigenvalue weighted by molar-refractivity contribution is 0.303. The fourth-order valence-corrected chi connectivity index (χ4v) is 0.818. The summed E-state index contributed by atoms with van der Waals surface area (Å²) in [6.45, 7) is 0.435. The Morgan fingerprint density at radius 1 is 1.23 bits per heavy atom. The first kappa shape index (κ1) is 9.46. The van der Waals surface area contributed by atoms with Gasteiger partial charge in [0.15, 0.2) is 0 Å². The quantitative estimate of drug-likeness (QED) is 0.521. The van der Waals surface area contributed by atoms with Crippen LogP contribution in [0.3, 0.4) is 0 Å². The Labute approximate surface area is 75.4 Å². The molecule has 0 aliphatic rings. The molecule has 0 fully saturated rings. The number of aliphatic hydroxyl groups is 1. The number of nitrogen functional groups attached to an aromatic ring is 2. The van der Waals surface area contributed by atoms with Gasteiger partial charge in [0.25, 0.3) is 0 Å². The molecule has 72 valence electrons. The second-order valence-corrected chi connectivity index (χ2v) is 2.50. The topological polar surface area (TPSA) is 114 Å². The number of rotatable bonds is 3. The van der Waals surface area contributed by atoms with E-state index in [2.05, 4.69) is 15.0 Å². The number of anilines is 3. The summed E-state index contributed by atoms with van der Waals surface area (Å²) in [5.41, 5.74) is 10.7. The molecule has 0 atom stereocenters. The molecule has 1 aromatic heterocycles. The van der Waals surface area contributed by atoms with Crippen molar-refractivity contribution in [2.75, 3.05) is 36.6 Å². The van der Waals surface area contributed by atoms with Gasteiger partial charge in [-0.25, -0.2) is 0 Å². The number of nitrogens with two attached hydrogens (primary N) is 2. The van der Waals surface area contributed by atoms with Gasteiger partial charge in [-0.3, -0.25) is 0 Å². The smallest absolute Gasteiger partial charge is 0.231 e. The van der Waals surface area contributed by atoms with Crippen LogP contribution in [0.15, 0.2) is 0 Å². The molecule has 0 aromatic carbocycles. The Bertz CT molecular complexity index is 270. The molecule has 1 aromatic rings. The van der Waals surface area contributed by atoms with E-state index in [1.165, 1.54) is 0 Å². The Morgan fingerprint density at radius 3 is 2.23 bits per heavy atom. The molecule has 13 heavy (non-hydrogen) atoms. The van der Waals surface area contributed by atoms with Crippen molar-refractivity contribution in [3.05, 3.63) is 0 Å². The van der Waals surface area contributed by atoms with Crippen LogP contribution in [-0.2, 0) is 0 Å². The number of likely N-dealkylation sites (N-methyl/N-ethyl adjacent to an activating group) is 1. The van der Waals surface area contributed by atoms with Crippen LogP contribution < -0.4 is 16.4 Å². The van der Waals surface area contributed by atoms with Gasteiger partial charge in [-0.05, 0) is 0 Å². The lowest BCUT2D eigenvalue weighted by atomic mass is 10.6. The maximum absolute atomic E-state index is 8.66. The zero-order valence-corrected chi connectivity index (χ0v) is 7.30. The monoisotopic (exact) mass is 184 g/mol. The van der Waals surface area contributed by atoms with Crippen LogP contribution in [0.5, 0.6) is 0 Å². The van der Waals surface area contributed by atoms with E-state index in [4.69, 9.17) is 16.6 Å². The van der Waals surface area contributed by atoms with Crippen LogP contribution in [0, 0.1) is 0 Å². The van der Waals surface area contributed by atoms with Gasteiger partial charge in [0, 0.05) is 13.6 Å². The zero-order valence-electron chi connectivity index (χ0n) is 7.30. The molecule has 0 amide bonds. The van der Waals surface area contributed by atoms with Crippen molar-refractivity contribution >= 4 is 17.8 Å². The van der Waals surface area contributed by atoms with Crippen LogP contribution in [-0.4, -0.2) is 40.3 Å². The minimum absolute atomic E-state index is 0.0159. The van der Waals surface area contributed by atoms with E-state index >= 15 is 0 Å². The zero-order chi connectivity index (χ0) is 9.84. The average Bonchev–Trinajstić information content (AvgIpc) is 2.03. The first-order chi connectivity index (χ1) is 6.13. The standard InChI is InChI=1S/C6H12N6O/c1-12(2-3-13)6-10-4(7)9-5(8)11-6/h13H,2-3H2,1H3,(H4,7,8,9,10,11). The number of nitrogens with zero attached hydrogens (tertiary/aromatic N) is 4. The van der Waals surface area contributed by atoms with Crippen molar-refractivity contribution in [1.82, 2.24) is 15.0 Å². The van der Waals surface area contributed by atoms with E-state index in [-0.39, 0.29) is 18.5 Å². The lowest BCUT2D eigenvalue weighted by Gasteiger charge is -2.15. The number of hydrogen-bond donors (Lipinski definition) is 3. The molecule has 0 spiro atoms. The lowest BCUT2D eigenvalue weighted by Crippen LogP contribution is -2.24. The van der Waals surface area contributed by atoms with Crippen molar-refractivity contribution in [3.63, 3.8) is 0 Å². The third kappa shape index (κ3) is 2.41. The third-order valence-electron chi connectivity index (χ3n) is 1.44. The molecule has 1 heterocycles. The highest BCUT2D eigenvalue weighted by molar-refractivity contribution is 5.38. The molecular formula is C6H12N6O. The molecular weight excluding hydrogens is 172 g/mol. The first-order valence-corrected chi connectivity index (χ1v) is 3.72. The first-order valence-electron chi connectivity index (χ1n) is 3.72. The summed E-state index contributed by atoms with van der Waals surface area (Å²) in [4.78, 5) is 12.9. The summed E-state index contributed by atoms with van der Waals surface area (Å²) < 4.78 is 0. The van der Waals surface area contributed by atoms with E-state index in [0.717, 1.165) is 0 Å². The minimum atomic E-state index is 0.0159. The number of aliphatic hydroxyl groups excluding tert-OH is 1. The highest BCUT2D eigenvalue weighted by atomic mass is 16.3. The molecule has 0 aliphatic heterocycles. The summed E-state index contributed by atoms with van der Waals surface area (Å²) in [7, 11) is 1.73. The maximum atomic E-state index is 8.66. The second-order valence-electron chi connectivity index (χ2n) is 2.50. The minimum Gasteiger partial charge on any atom is -0.395 e. The highest BCUT2D eigenvalue weighted by Gasteiger charge is 2.05. The molecule has 7 nitrogen and oxygen atoms in total. The van der Waals surface area contributed by atoms with Gasteiger partial charge in [0.1, 0.15) is 0 Å². The summed E-state index contributed by atoms with van der Waals surface area (Å²) in [6.07, 6.45) is 0. The number of aromatic nitrogens is 3. The van der Waals surface area contributed by atoms with Crippen LogP contribution in [0.25, 0.3) is 0 Å². The summed E-state index contributed by atoms with van der Waals surface area (Å²) in [5, 5.41) is 8.66. The number of hydrogen-bond acceptors (Lipinski definition) is 7. The molecule has 0 saturated heterocycles. The Hall–Kier alpha value is -1.63. The highest BCUT2D eigenvalue weighted by Crippen LogP contribution is 2.07. The molecule has 0 radical (unpaired) electrons. The molecule has 0 saturated carbocycles. The predicted molar refractivity (Wildman–Crippen MR) is 49.0 cm³/mol. The fraction of sp³-hybridized carbons (Fsp3) is 0.500. The normalized spacial score (nSPS) is 10.0. The van der Waals surface area contributed by atoms with Crippen LogP contribution in [0.1, 0.15) is 0 Å². The van der Waals surface area contributed by atoms with Crippen molar-refractivity contribution in [1.29, 1.82) is 0 Å². The molecule has 0 aliphatic carbocycles. The van der Waals surface area contributed by atoms with Gasteiger partial charge in [0.05, 0.1) is 6.61 Å². The van der Waals surface area contributed by atoms with E-state index in [1.54, 1.807) is 11.9 Å². The van der Waals surface area contributed by atoms with Gasteiger partial charge in [-0.15, -0.1) is 0 Å². The van der Waals surface area contributed by atoms with E-state index in [0.29, 0.717) is 12.5 Å². The van der Waals surface area contributed by atoms with Crippen molar-refractivity contribution in [2.45, 2.75) is 0 Å². The Kier molecular flexibility index (Phi) is 2.80. The SMILES string of the molecule is CN(CCO)c1nc(N)nc(N)n1. The second kappa shape index (κ2) is 3.85. The van der Waals surface area contributed by atoms with Gasteiger partial charge < -0.3 is 21.5 Å². The molecule has 0 unspecified atom stereocenters. The van der Waals surface area contributed by atoms with Gasteiger partial charge in [0.2, 0.25) is 17.8 Å². The van der Waals surface area contributed by atoms with Gasteiger partial charge >= 0.3 is 0 Å². The maximum Gasteiger partial charge on any atom is 0.231 e. The molecule has 1 rings (SSSR count). The summed E-state index contributed by atoms with van der Waals surface area (Å²) >= 11 is 0. The molecule has 5 N–H and O–H groups in total. The average molecular weight is 184 g/mol. The largest absolute Gasteiger partial charge is 0.395 e. The van der Waals surface area contributed by atoms with Gasteiger partial charge in [-0.2, -0.15) is 15.0 Å². The predicted octanol–water partition coefficient (Wildman–Crippen LogP) is -1.54. The molecule has 0 bridgehead atoms. The van der Waals surface area contributed by atoms with Crippen LogP contribution in [0.2, 0.25) is 0 Å². The van der Waals surface area contributed by atoms with E-state index < -0.39 is 0 Å². The fourth-order valence-electron chi connectivity index (χ4n) is 0.818. The summed E-state index contributed by atoms with van der Waals surface area (Å²) in [6, 6.07) is 0. The van der Waals surface area contributed by atoms with Crippen molar-refractivity contribution < 1.29 is 5.11 Å². The van der Waals surface area contributed by atoms with E-state index in [1.807, 2.05) is 0 Å². The van der Waals surface area contributed by atoms with Crippen LogP contribution >= 0.6 is 0 Å². The Morgan fingerprint density at radius 2 is 1.77 bits per heavy atom. The van der Waals surface area contributed by atoms with E-state index in [9.17, 15) is 0 Å². The van der Waals surface area contributed by atoms with Crippen LogP contribution in [0.4, 0.5) is 17.8 Å². The third-order valence-corrected chi connectivity index (χ3v) is 1.44. The molecule has 7 heteroatoms. The Balaban J connectivity index is 2.87.